The van der Waals surface area contributed by atoms with Crippen LogP contribution in [0.5, 0.6) is 0 Å². The Balaban J connectivity index is 3.37. The van der Waals surface area contributed by atoms with E-state index in [1.165, 1.54) is 0 Å². The third-order valence-electron chi connectivity index (χ3n) is 1.58. The third-order valence-corrected chi connectivity index (χ3v) is 2.50. The smallest absolute Gasteiger partial charge is 0.398 e. The van der Waals surface area contributed by atoms with Gasteiger partial charge in [-0.05, 0) is 28.1 Å². The molecule has 0 atom stereocenters. The van der Waals surface area contributed by atoms with E-state index in [1.807, 2.05) is 0 Å². The van der Waals surface area contributed by atoms with Crippen molar-refractivity contribution in [1.29, 1.82) is 0 Å². The van der Waals surface area contributed by atoms with E-state index in [1.54, 1.807) is 0 Å². The quantitative estimate of drug-likeness (QED) is 0.628. The third kappa shape index (κ3) is 2.06. The fourth-order valence-corrected chi connectivity index (χ4v) is 1.24. The summed E-state index contributed by atoms with van der Waals surface area (Å²) in [7, 11) is 0. The molecule has 0 aromatic heterocycles. The van der Waals surface area contributed by atoms with Crippen molar-refractivity contribution in [3.63, 3.8) is 0 Å². The first kappa shape index (κ1) is 11.0. The second kappa shape index (κ2) is 3.61. The lowest BCUT2D eigenvalue weighted by molar-refractivity contribution is -0.137. The lowest BCUT2D eigenvalue weighted by Gasteiger charge is -2.09. The Hall–Kier alpha value is -1.04. The number of nitrogen functional groups attached to an aromatic ring is 1. The molecule has 1 aromatic carbocycles. The molecule has 0 heterocycles. The van der Waals surface area contributed by atoms with E-state index >= 15 is 0 Å². The maximum Gasteiger partial charge on any atom is 0.416 e. The first-order chi connectivity index (χ1) is 6.36. The summed E-state index contributed by atoms with van der Waals surface area (Å²) in [4.78, 5) is 10.4. The van der Waals surface area contributed by atoms with Crippen molar-refractivity contribution in [3.8, 4) is 0 Å². The van der Waals surface area contributed by atoms with Crippen LogP contribution in [0.25, 0.3) is 0 Å². The SMILES string of the molecule is Nc1cc(C(F)(F)F)cc(C=O)c1Br. The number of hydrogen-bond donors (Lipinski definition) is 1. The topological polar surface area (TPSA) is 43.1 Å². The van der Waals surface area contributed by atoms with Crippen LogP contribution in [0, 0.1) is 0 Å². The minimum Gasteiger partial charge on any atom is -0.398 e. The summed E-state index contributed by atoms with van der Waals surface area (Å²) in [6.07, 6.45) is -4.18. The number of alkyl halides is 3. The van der Waals surface area contributed by atoms with Crippen LogP contribution in [0.15, 0.2) is 16.6 Å². The summed E-state index contributed by atoms with van der Waals surface area (Å²) in [5.41, 5.74) is 4.13. The van der Waals surface area contributed by atoms with Gasteiger partial charge in [0.1, 0.15) is 0 Å². The zero-order valence-corrected chi connectivity index (χ0v) is 8.32. The Bertz CT molecular complexity index is 376. The first-order valence-electron chi connectivity index (χ1n) is 3.47. The van der Waals surface area contributed by atoms with Crippen LogP contribution < -0.4 is 5.73 Å². The molecule has 76 valence electrons. The van der Waals surface area contributed by atoms with Gasteiger partial charge in [0.05, 0.1) is 10.0 Å². The van der Waals surface area contributed by atoms with E-state index < -0.39 is 11.7 Å². The van der Waals surface area contributed by atoms with Crippen molar-refractivity contribution >= 4 is 27.9 Å². The average Bonchev–Trinajstić information content (AvgIpc) is 2.07. The minimum absolute atomic E-state index is 0.109. The molecule has 2 nitrogen and oxygen atoms in total. The van der Waals surface area contributed by atoms with Crippen LogP contribution in [-0.2, 0) is 6.18 Å². The summed E-state index contributed by atoms with van der Waals surface area (Å²) < 4.78 is 36.9. The molecule has 0 saturated heterocycles. The minimum atomic E-state index is -4.49. The number of rotatable bonds is 1. The second-order valence-electron chi connectivity index (χ2n) is 2.58. The molecule has 0 aliphatic heterocycles. The van der Waals surface area contributed by atoms with Gasteiger partial charge >= 0.3 is 6.18 Å². The maximum atomic E-state index is 12.2. The van der Waals surface area contributed by atoms with Crippen LogP contribution in [-0.4, -0.2) is 6.29 Å². The number of nitrogens with two attached hydrogens (primary N) is 1. The monoisotopic (exact) mass is 267 g/mol. The second-order valence-corrected chi connectivity index (χ2v) is 3.38. The standard InChI is InChI=1S/C8H5BrF3NO/c9-7-4(3-14)1-5(2-6(7)13)8(10,11)12/h1-3H,13H2. The fraction of sp³-hybridized carbons (Fsp3) is 0.125. The molecule has 6 heteroatoms. The summed E-state index contributed by atoms with van der Waals surface area (Å²) in [5.74, 6) is 0. The molecule has 0 radical (unpaired) electrons. The molecule has 1 rings (SSSR count). The molecular weight excluding hydrogens is 263 g/mol. The number of carbonyl (C=O) groups excluding carboxylic acids is 1. The van der Waals surface area contributed by atoms with Gasteiger partial charge in [-0.25, -0.2) is 0 Å². The van der Waals surface area contributed by atoms with Gasteiger partial charge < -0.3 is 5.73 Å². The lowest BCUT2D eigenvalue weighted by atomic mass is 10.1. The molecule has 0 bridgehead atoms. The number of aldehydes is 1. The van der Waals surface area contributed by atoms with Crippen LogP contribution in [0.3, 0.4) is 0 Å². The molecule has 0 aliphatic rings. The molecule has 0 aliphatic carbocycles. The van der Waals surface area contributed by atoms with Gasteiger partial charge in [-0.3, -0.25) is 4.79 Å². The Morgan fingerprint density at radius 1 is 1.36 bits per heavy atom. The molecule has 1 aromatic rings. The van der Waals surface area contributed by atoms with Gasteiger partial charge in [-0.1, -0.05) is 0 Å². The molecular formula is C8H5BrF3NO. The van der Waals surface area contributed by atoms with Crippen LogP contribution >= 0.6 is 15.9 Å². The number of benzene rings is 1. The highest BCUT2D eigenvalue weighted by atomic mass is 79.9. The van der Waals surface area contributed by atoms with E-state index in [2.05, 4.69) is 15.9 Å². The van der Waals surface area contributed by atoms with Crippen molar-refractivity contribution < 1.29 is 18.0 Å². The van der Waals surface area contributed by atoms with E-state index in [9.17, 15) is 18.0 Å². The Labute approximate surface area is 86.0 Å². The van der Waals surface area contributed by atoms with Crippen LogP contribution in [0.1, 0.15) is 15.9 Å². The zero-order valence-electron chi connectivity index (χ0n) is 6.73. The number of anilines is 1. The van der Waals surface area contributed by atoms with Crippen molar-refractivity contribution in [1.82, 2.24) is 0 Å². The number of carbonyl (C=O) groups is 1. The van der Waals surface area contributed by atoms with Crippen molar-refractivity contribution in [2.24, 2.45) is 0 Å². The normalized spacial score (nSPS) is 11.4. The Morgan fingerprint density at radius 3 is 2.36 bits per heavy atom. The highest BCUT2D eigenvalue weighted by molar-refractivity contribution is 9.10. The predicted molar refractivity (Wildman–Crippen MR) is 48.9 cm³/mol. The lowest BCUT2D eigenvalue weighted by Crippen LogP contribution is -2.07. The van der Waals surface area contributed by atoms with Gasteiger partial charge in [0.15, 0.2) is 6.29 Å². The van der Waals surface area contributed by atoms with Gasteiger partial charge in [0, 0.05) is 11.3 Å². The summed E-state index contributed by atoms with van der Waals surface area (Å²) in [5, 5.41) is 0. The predicted octanol–water partition coefficient (Wildman–Crippen LogP) is 2.86. The molecule has 2 N–H and O–H groups in total. The summed E-state index contributed by atoms with van der Waals surface area (Å²) in [6, 6.07) is 1.52. The molecule has 0 saturated carbocycles. The van der Waals surface area contributed by atoms with Crippen LogP contribution in [0.2, 0.25) is 0 Å². The maximum absolute atomic E-state index is 12.2. The van der Waals surface area contributed by atoms with E-state index in [0.29, 0.717) is 6.29 Å². The van der Waals surface area contributed by atoms with Gasteiger partial charge in [-0.2, -0.15) is 13.2 Å². The van der Waals surface area contributed by atoms with E-state index in [4.69, 9.17) is 5.73 Å². The first-order valence-corrected chi connectivity index (χ1v) is 4.27. The van der Waals surface area contributed by atoms with E-state index in [0.717, 1.165) is 12.1 Å². The molecule has 0 amide bonds. The van der Waals surface area contributed by atoms with Crippen LogP contribution in [0.4, 0.5) is 18.9 Å². The van der Waals surface area contributed by atoms with E-state index in [-0.39, 0.29) is 15.7 Å². The van der Waals surface area contributed by atoms with Crippen molar-refractivity contribution in [3.05, 3.63) is 27.7 Å². The Morgan fingerprint density at radius 2 is 1.93 bits per heavy atom. The average molecular weight is 268 g/mol. The molecule has 0 fully saturated rings. The Kier molecular flexibility index (Phi) is 2.84. The van der Waals surface area contributed by atoms with Crippen molar-refractivity contribution in [2.75, 3.05) is 5.73 Å². The largest absolute Gasteiger partial charge is 0.416 e. The van der Waals surface area contributed by atoms with Crippen molar-refractivity contribution in [2.45, 2.75) is 6.18 Å². The van der Waals surface area contributed by atoms with Gasteiger partial charge in [0.25, 0.3) is 0 Å². The molecule has 0 unspecified atom stereocenters. The fourth-order valence-electron chi connectivity index (χ4n) is 0.920. The number of hydrogen-bond acceptors (Lipinski definition) is 2. The number of halogens is 4. The summed E-state index contributed by atoms with van der Waals surface area (Å²) in [6.45, 7) is 0. The summed E-state index contributed by atoms with van der Waals surface area (Å²) >= 11 is 2.92. The zero-order chi connectivity index (χ0) is 10.9. The van der Waals surface area contributed by atoms with Gasteiger partial charge in [-0.15, -0.1) is 0 Å². The van der Waals surface area contributed by atoms with Gasteiger partial charge in [0.2, 0.25) is 0 Å². The highest BCUT2D eigenvalue weighted by Gasteiger charge is 2.31. The molecule has 0 spiro atoms. The highest BCUT2D eigenvalue weighted by Crippen LogP contribution is 2.34. The molecule has 14 heavy (non-hydrogen) atoms.